The molecule has 0 aliphatic rings. The molecule has 0 bridgehead atoms. The lowest BCUT2D eigenvalue weighted by atomic mass is 10.1. The topological polar surface area (TPSA) is 58.2 Å². The number of amides is 2. The van der Waals surface area contributed by atoms with E-state index in [2.05, 4.69) is 10.6 Å². The fraction of sp³-hybridized carbons (Fsp3) is 0.300. The third-order valence-corrected chi connectivity index (χ3v) is 5.04. The molecular formula is C20H23ClN2O2S. The molecule has 0 aliphatic carbocycles. The molecule has 0 aromatic heterocycles. The lowest BCUT2D eigenvalue weighted by Gasteiger charge is -2.13. The minimum Gasteiger partial charge on any atom is -0.325 e. The van der Waals surface area contributed by atoms with Crippen LogP contribution in [0.3, 0.4) is 0 Å². The van der Waals surface area contributed by atoms with Crippen LogP contribution in [-0.2, 0) is 9.59 Å². The summed E-state index contributed by atoms with van der Waals surface area (Å²) in [4.78, 5) is 24.2. The fourth-order valence-corrected chi connectivity index (χ4v) is 3.59. The number of nitrogens with one attached hydrogen (secondary N) is 2. The molecule has 2 rings (SSSR count). The van der Waals surface area contributed by atoms with Crippen molar-refractivity contribution in [2.45, 2.75) is 27.7 Å². The number of aryl methyl sites for hydroxylation is 4. The Morgan fingerprint density at radius 3 is 2.04 bits per heavy atom. The number of anilines is 2. The van der Waals surface area contributed by atoms with Crippen molar-refractivity contribution < 1.29 is 9.59 Å². The summed E-state index contributed by atoms with van der Waals surface area (Å²) in [5.74, 6) is 0.178. The highest BCUT2D eigenvalue weighted by atomic mass is 35.5. The minimum absolute atomic E-state index is 0.111. The molecule has 0 saturated heterocycles. The minimum atomic E-state index is -0.143. The van der Waals surface area contributed by atoms with Gasteiger partial charge in [0.05, 0.1) is 11.5 Å². The third kappa shape index (κ3) is 5.78. The monoisotopic (exact) mass is 390 g/mol. The molecule has 0 atom stereocenters. The van der Waals surface area contributed by atoms with E-state index in [-0.39, 0.29) is 23.3 Å². The summed E-state index contributed by atoms with van der Waals surface area (Å²) >= 11 is 7.19. The summed E-state index contributed by atoms with van der Waals surface area (Å²) in [7, 11) is 0. The second kappa shape index (κ2) is 9.10. The van der Waals surface area contributed by atoms with E-state index >= 15 is 0 Å². The average molecular weight is 391 g/mol. The Hall–Kier alpha value is -1.98. The van der Waals surface area contributed by atoms with Gasteiger partial charge in [-0.3, -0.25) is 9.59 Å². The summed E-state index contributed by atoms with van der Waals surface area (Å²) in [6.45, 7) is 7.87. The van der Waals surface area contributed by atoms with Gasteiger partial charge in [-0.15, -0.1) is 11.8 Å². The molecule has 0 heterocycles. The molecule has 0 unspecified atom stereocenters. The summed E-state index contributed by atoms with van der Waals surface area (Å²) in [6.07, 6.45) is 0. The molecule has 0 fully saturated rings. The van der Waals surface area contributed by atoms with E-state index in [9.17, 15) is 9.59 Å². The van der Waals surface area contributed by atoms with Crippen LogP contribution < -0.4 is 10.6 Å². The molecule has 4 nitrogen and oxygen atoms in total. The largest absolute Gasteiger partial charge is 0.325 e. The van der Waals surface area contributed by atoms with Gasteiger partial charge in [0.2, 0.25) is 11.8 Å². The Labute approximate surface area is 163 Å². The van der Waals surface area contributed by atoms with Crippen LogP contribution in [0.15, 0.2) is 30.3 Å². The summed E-state index contributed by atoms with van der Waals surface area (Å²) < 4.78 is 0. The van der Waals surface area contributed by atoms with E-state index in [0.29, 0.717) is 5.02 Å². The predicted molar refractivity (Wildman–Crippen MR) is 111 cm³/mol. The van der Waals surface area contributed by atoms with Crippen molar-refractivity contribution in [2.75, 3.05) is 22.1 Å². The van der Waals surface area contributed by atoms with Crippen LogP contribution >= 0.6 is 23.4 Å². The van der Waals surface area contributed by atoms with Gasteiger partial charge in [0.1, 0.15) is 0 Å². The van der Waals surface area contributed by atoms with Gasteiger partial charge in [-0.05, 0) is 62.6 Å². The van der Waals surface area contributed by atoms with E-state index in [1.165, 1.54) is 17.3 Å². The van der Waals surface area contributed by atoms with Gasteiger partial charge in [0.25, 0.3) is 0 Å². The standard InChI is InChI=1S/C20H23ClN2O2S/c1-12-7-14(3)20(15(4)8-12)23-19(25)11-26-10-18(24)22-17-6-5-16(21)9-13(17)2/h5-9H,10-11H2,1-4H3,(H,22,24)(H,23,25). The van der Waals surface area contributed by atoms with Crippen molar-refractivity contribution in [1.82, 2.24) is 0 Å². The highest BCUT2D eigenvalue weighted by Gasteiger charge is 2.10. The molecular weight excluding hydrogens is 368 g/mol. The van der Waals surface area contributed by atoms with Gasteiger partial charge < -0.3 is 10.6 Å². The Morgan fingerprint density at radius 1 is 0.885 bits per heavy atom. The van der Waals surface area contributed by atoms with Gasteiger partial charge in [-0.2, -0.15) is 0 Å². The van der Waals surface area contributed by atoms with Gasteiger partial charge in [-0.25, -0.2) is 0 Å². The molecule has 0 spiro atoms. The smallest absolute Gasteiger partial charge is 0.234 e. The van der Waals surface area contributed by atoms with E-state index in [1.807, 2.05) is 39.8 Å². The van der Waals surface area contributed by atoms with Crippen molar-refractivity contribution in [3.8, 4) is 0 Å². The highest BCUT2D eigenvalue weighted by Crippen LogP contribution is 2.22. The van der Waals surface area contributed by atoms with Gasteiger partial charge in [-0.1, -0.05) is 29.3 Å². The number of carbonyl (C=O) groups excluding carboxylic acids is 2. The molecule has 6 heteroatoms. The van der Waals surface area contributed by atoms with E-state index in [4.69, 9.17) is 11.6 Å². The maximum atomic E-state index is 12.2. The zero-order chi connectivity index (χ0) is 19.3. The molecule has 26 heavy (non-hydrogen) atoms. The first kappa shape index (κ1) is 20.3. The zero-order valence-electron chi connectivity index (χ0n) is 15.4. The third-order valence-electron chi connectivity index (χ3n) is 3.87. The first-order valence-corrected chi connectivity index (χ1v) is 9.81. The second-order valence-corrected chi connectivity index (χ2v) is 7.74. The molecule has 2 aromatic rings. The molecule has 2 amide bonds. The zero-order valence-corrected chi connectivity index (χ0v) is 17.0. The maximum Gasteiger partial charge on any atom is 0.234 e. The molecule has 138 valence electrons. The summed E-state index contributed by atoms with van der Waals surface area (Å²) in [5, 5.41) is 6.41. The normalized spacial score (nSPS) is 10.5. The van der Waals surface area contributed by atoms with E-state index < -0.39 is 0 Å². The summed E-state index contributed by atoms with van der Waals surface area (Å²) in [6, 6.07) is 9.38. The second-order valence-electron chi connectivity index (χ2n) is 6.32. The van der Waals surface area contributed by atoms with Crippen LogP contribution in [0.2, 0.25) is 5.02 Å². The summed E-state index contributed by atoms with van der Waals surface area (Å²) in [5.41, 5.74) is 5.73. The number of benzene rings is 2. The van der Waals surface area contributed by atoms with Gasteiger partial charge in [0.15, 0.2) is 0 Å². The number of halogens is 1. The Morgan fingerprint density at radius 2 is 1.46 bits per heavy atom. The molecule has 0 saturated carbocycles. The SMILES string of the molecule is Cc1cc(C)c(NC(=O)CSCC(=O)Nc2ccc(Cl)cc2C)c(C)c1. The van der Waals surface area contributed by atoms with Crippen LogP contribution in [0.5, 0.6) is 0 Å². The Balaban J connectivity index is 1.82. The van der Waals surface area contributed by atoms with Crippen molar-refractivity contribution in [3.05, 3.63) is 57.6 Å². The number of carbonyl (C=O) groups is 2. The van der Waals surface area contributed by atoms with E-state index in [1.54, 1.807) is 18.2 Å². The highest BCUT2D eigenvalue weighted by molar-refractivity contribution is 8.00. The van der Waals surface area contributed by atoms with Crippen LogP contribution in [0.1, 0.15) is 22.3 Å². The number of rotatable bonds is 6. The predicted octanol–water partition coefficient (Wildman–Crippen LogP) is 4.88. The fourth-order valence-electron chi connectivity index (χ4n) is 2.74. The van der Waals surface area contributed by atoms with Crippen LogP contribution in [-0.4, -0.2) is 23.3 Å². The molecule has 2 N–H and O–H groups in total. The lowest BCUT2D eigenvalue weighted by Crippen LogP contribution is -2.19. The van der Waals surface area contributed by atoms with Crippen LogP contribution in [0.25, 0.3) is 0 Å². The molecule has 2 aromatic carbocycles. The quantitative estimate of drug-likeness (QED) is 0.738. The molecule has 0 aliphatic heterocycles. The first-order valence-electron chi connectivity index (χ1n) is 8.27. The van der Waals surface area contributed by atoms with Crippen molar-refractivity contribution in [3.63, 3.8) is 0 Å². The van der Waals surface area contributed by atoms with Crippen LogP contribution in [0.4, 0.5) is 11.4 Å². The van der Waals surface area contributed by atoms with Crippen molar-refractivity contribution in [2.24, 2.45) is 0 Å². The number of hydrogen-bond acceptors (Lipinski definition) is 3. The van der Waals surface area contributed by atoms with Crippen molar-refractivity contribution in [1.29, 1.82) is 0 Å². The van der Waals surface area contributed by atoms with Gasteiger partial charge >= 0.3 is 0 Å². The maximum absolute atomic E-state index is 12.2. The van der Waals surface area contributed by atoms with Crippen molar-refractivity contribution >= 4 is 46.6 Å². The average Bonchev–Trinajstić information content (AvgIpc) is 2.53. The first-order chi connectivity index (χ1) is 12.3. The van der Waals surface area contributed by atoms with Gasteiger partial charge in [0, 0.05) is 16.4 Å². The number of hydrogen-bond donors (Lipinski definition) is 2. The van der Waals surface area contributed by atoms with Crippen LogP contribution in [0, 0.1) is 27.7 Å². The van der Waals surface area contributed by atoms with E-state index in [0.717, 1.165) is 28.1 Å². The number of thioether (sulfide) groups is 1. The Kier molecular flexibility index (Phi) is 7.12. The molecule has 0 radical (unpaired) electrons. The lowest BCUT2D eigenvalue weighted by molar-refractivity contribution is -0.114. The Bertz CT molecular complexity index is 814.